The number of esters is 2. The lowest BCUT2D eigenvalue weighted by atomic mass is 9.98. The molecule has 0 bridgehead atoms. The van der Waals surface area contributed by atoms with Gasteiger partial charge in [-0.2, -0.15) is 0 Å². The van der Waals surface area contributed by atoms with Crippen molar-refractivity contribution in [3.63, 3.8) is 0 Å². The molecule has 3 atom stereocenters. The van der Waals surface area contributed by atoms with Crippen LogP contribution >= 0.6 is 21.6 Å². The van der Waals surface area contributed by atoms with Crippen LogP contribution in [-0.4, -0.2) is 66.3 Å². The maximum absolute atomic E-state index is 12.8. The smallest absolute Gasteiger partial charge is 0.331 e. The second-order valence-corrected chi connectivity index (χ2v) is 11.1. The van der Waals surface area contributed by atoms with Gasteiger partial charge in [0.25, 0.3) is 0 Å². The van der Waals surface area contributed by atoms with E-state index in [0.717, 1.165) is 31.6 Å². The van der Waals surface area contributed by atoms with Gasteiger partial charge in [-0.25, -0.2) is 4.79 Å². The van der Waals surface area contributed by atoms with Crippen LogP contribution in [0.5, 0.6) is 0 Å². The fraction of sp³-hybridized carbons (Fsp3) is 0.850. The molecule has 0 aromatic carbocycles. The van der Waals surface area contributed by atoms with Gasteiger partial charge in [-0.1, -0.05) is 28.5 Å². The first-order valence-electron chi connectivity index (χ1n) is 10.2. The normalized spacial score (nSPS) is 23.1. The molecule has 2 heterocycles. The lowest BCUT2D eigenvalue weighted by molar-refractivity contribution is -0.176. The number of carbonyl (C=O) groups is 3. The van der Waals surface area contributed by atoms with Crippen LogP contribution in [0.4, 0.5) is 0 Å². The lowest BCUT2D eigenvalue weighted by Gasteiger charge is -2.26. The molecule has 2 rings (SSSR count). The molecule has 0 aliphatic carbocycles. The molecular weight excluding hydrogens is 414 g/mol. The standard InChI is InChI=1S/C20H33NO6S2/c1-14(11-28-29-12-15-7-6-10-25-15)17(22)21-9-5-8-16(21)18(23)26-13-27-19(24)20(2,3)4/h14-16H,5-13H2,1-4H3/t14-,15?,16+/m1/s1. The van der Waals surface area contributed by atoms with E-state index >= 15 is 0 Å². The summed E-state index contributed by atoms with van der Waals surface area (Å²) in [5, 5.41) is 0. The van der Waals surface area contributed by atoms with Crippen molar-refractivity contribution < 1.29 is 28.6 Å². The molecule has 2 fully saturated rings. The average molecular weight is 448 g/mol. The number of nitrogens with zero attached hydrogens (tertiary/aromatic N) is 1. The quantitative estimate of drug-likeness (QED) is 0.231. The third-order valence-corrected chi connectivity index (χ3v) is 7.54. The SMILES string of the molecule is C[C@H](CSSCC1CCCO1)C(=O)N1CCC[C@H]1C(=O)OCOC(=O)C(C)(C)C. The Morgan fingerprint density at radius 3 is 2.55 bits per heavy atom. The molecule has 2 saturated heterocycles. The van der Waals surface area contributed by atoms with E-state index in [1.807, 2.05) is 6.92 Å². The van der Waals surface area contributed by atoms with Gasteiger partial charge in [0.1, 0.15) is 6.04 Å². The van der Waals surface area contributed by atoms with E-state index in [4.69, 9.17) is 14.2 Å². The molecule has 0 aromatic rings. The first-order valence-corrected chi connectivity index (χ1v) is 12.7. The van der Waals surface area contributed by atoms with Crippen molar-refractivity contribution in [3.8, 4) is 0 Å². The Bertz CT molecular complexity index is 574. The Morgan fingerprint density at radius 2 is 1.90 bits per heavy atom. The molecule has 166 valence electrons. The largest absolute Gasteiger partial charge is 0.427 e. The molecule has 2 aliphatic heterocycles. The topological polar surface area (TPSA) is 82.1 Å². The fourth-order valence-corrected chi connectivity index (χ4v) is 5.73. The highest BCUT2D eigenvalue weighted by atomic mass is 33.1. The highest BCUT2D eigenvalue weighted by molar-refractivity contribution is 8.76. The summed E-state index contributed by atoms with van der Waals surface area (Å²) < 4.78 is 15.7. The summed E-state index contributed by atoms with van der Waals surface area (Å²) in [4.78, 5) is 38.6. The molecule has 0 radical (unpaired) electrons. The Kier molecular flexibility index (Phi) is 9.62. The molecule has 9 heteroatoms. The van der Waals surface area contributed by atoms with Crippen LogP contribution in [0.25, 0.3) is 0 Å². The second kappa shape index (κ2) is 11.5. The van der Waals surface area contributed by atoms with Gasteiger partial charge in [0, 0.05) is 30.6 Å². The van der Waals surface area contributed by atoms with E-state index in [-0.39, 0.29) is 11.8 Å². The van der Waals surface area contributed by atoms with E-state index in [2.05, 4.69) is 0 Å². The average Bonchev–Trinajstić information content (AvgIpc) is 3.35. The molecule has 1 amide bonds. The van der Waals surface area contributed by atoms with Crippen LogP contribution in [-0.2, 0) is 28.6 Å². The molecule has 1 unspecified atom stereocenters. The van der Waals surface area contributed by atoms with Crippen molar-refractivity contribution in [1.29, 1.82) is 0 Å². The van der Waals surface area contributed by atoms with Crippen LogP contribution in [0.1, 0.15) is 53.4 Å². The van der Waals surface area contributed by atoms with Crippen LogP contribution in [0.15, 0.2) is 0 Å². The zero-order valence-corrected chi connectivity index (χ0v) is 19.4. The predicted molar refractivity (Wildman–Crippen MR) is 114 cm³/mol. The highest BCUT2D eigenvalue weighted by Gasteiger charge is 2.37. The van der Waals surface area contributed by atoms with Gasteiger partial charge in [0.05, 0.1) is 11.5 Å². The maximum atomic E-state index is 12.8. The zero-order chi connectivity index (χ0) is 21.4. The van der Waals surface area contributed by atoms with Crippen molar-refractivity contribution in [1.82, 2.24) is 4.90 Å². The molecule has 2 aliphatic rings. The van der Waals surface area contributed by atoms with Crippen LogP contribution in [0.2, 0.25) is 0 Å². The summed E-state index contributed by atoms with van der Waals surface area (Å²) in [6, 6.07) is -0.595. The molecular formula is C20H33NO6S2. The third kappa shape index (κ3) is 7.68. The fourth-order valence-electron chi connectivity index (χ4n) is 3.13. The summed E-state index contributed by atoms with van der Waals surface area (Å²) in [5.41, 5.74) is -0.656. The minimum atomic E-state index is -0.656. The van der Waals surface area contributed by atoms with Gasteiger partial charge >= 0.3 is 11.9 Å². The Balaban J connectivity index is 1.72. The minimum Gasteiger partial charge on any atom is -0.427 e. The summed E-state index contributed by atoms with van der Waals surface area (Å²) in [5.74, 6) is 0.487. The molecule has 0 spiro atoms. The number of ether oxygens (including phenoxy) is 3. The number of hydrogen-bond donors (Lipinski definition) is 0. The van der Waals surface area contributed by atoms with Crippen molar-refractivity contribution in [2.45, 2.75) is 65.5 Å². The summed E-state index contributed by atoms with van der Waals surface area (Å²) in [6.07, 6.45) is 3.92. The number of amides is 1. The highest BCUT2D eigenvalue weighted by Crippen LogP contribution is 2.29. The van der Waals surface area contributed by atoms with Crippen molar-refractivity contribution >= 4 is 39.4 Å². The van der Waals surface area contributed by atoms with Crippen molar-refractivity contribution in [2.24, 2.45) is 11.3 Å². The number of hydrogen-bond acceptors (Lipinski definition) is 8. The molecule has 0 saturated carbocycles. The summed E-state index contributed by atoms with van der Waals surface area (Å²) in [6.45, 7) is 8.07. The lowest BCUT2D eigenvalue weighted by Crippen LogP contribution is -2.44. The van der Waals surface area contributed by atoms with E-state index in [0.29, 0.717) is 24.8 Å². The number of likely N-dealkylation sites (tertiary alicyclic amines) is 1. The molecule has 29 heavy (non-hydrogen) atoms. The maximum Gasteiger partial charge on any atom is 0.331 e. The first-order chi connectivity index (χ1) is 13.7. The molecule has 7 nitrogen and oxygen atoms in total. The molecule has 0 N–H and O–H groups in total. The molecule has 0 aromatic heterocycles. The van der Waals surface area contributed by atoms with Crippen molar-refractivity contribution in [2.75, 3.05) is 31.5 Å². The van der Waals surface area contributed by atoms with Crippen LogP contribution < -0.4 is 0 Å². The van der Waals surface area contributed by atoms with Gasteiger partial charge in [-0.05, 0) is 46.5 Å². The van der Waals surface area contributed by atoms with Crippen LogP contribution in [0, 0.1) is 11.3 Å². The second-order valence-electron chi connectivity index (χ2n) is 8.56. The van der Waals surface area contributed by atoms with Gasteiger partial charge in [0.15, 0.2) is 0 Å². The first kappa shape index (κ1) is 24.3. The van der Waals surface area contributed by atoms with E-state index in [1.54, 1.807) is 47.3 Å². The van der Waals surface area contributed by atoms with E-state index < -0.39 is 30.2 Å². The van der Waals surface area contributed by atoms with Gasteiger partial charge in [-0.15, -0.1) is 0 Å². The third-order valence-electron chi connectivity index (χ3n) is 4.91. The number of rotatable bonds is 9. The van der Waals surface area contributed by atoms with Gasteiger partial charge in [-0.3, -0.25) is 9.59 Å². The number of carbonyl (C=O) groups excluding carboxylic acids is 3. The van der Waals surface area contributed by atoms with E-state index in [9.17, 15) is 14.4 Å². The van der Waals surface area contributed by atoms with Gasteiger partial charge in [0.2, 0.25) is 12.7 Å². The Hall–Kier alpha value is -0.930. The van der Waals surface area contributed by atoms with Crippen LogP contribution in [0.3, 0.4) is 0 Å². The monoisotopic (exact) mass is 447 g/mol. The summed E-state index contributed by atoms with van der Waals surface area (Å²) in [7, 11) is 3.42. The minimum absolute atomic E-state index is 0.0265. The summed E-state index contributed by atoms with van der Waals surface area (Å²) >= 11 is 0. The van der Waals surface area contributed by atoms with Gasteiger partial charge < -0.3 is 19.1 Å². The Morgan fingerprint density at radius 1 is 1.14 bits per heavy atom. The van der Waals surface area contributed by atoms with E-state index in [1.165, 1.54) is 0 Å². The predicted octanol–water partition coefficient (Wildman–Crippen LogP) is 3.26. The Labute approximate surface area is 181 Å². The zero-order valence-electron chi connectivity index (χ0n) is 17.8. The van der Waals surface area contributed by atoms with Crippen molar-refractivity contribution in [3.05, 3.63) is 0 Å².